The summed E-state index contributed by atoms with van der Waals surface area (Å²) < 4.78 is 0. The number of nitrogens with one attached hydrogen (secondary N) is 2. The number of carbonyl (C=O) groups is 1. The highest BCUT2D eigenvalue weighted by Crippen LogP contribution is 2.38. The van der Waals surface area contributed by atoms with E-state index in [1.54, 1.807) is 0 Å². The molecule has 24 heavy (non-hydrogen) atoms. The molecule has 2 saturated heterocycles. The van der Waals surface area contributed by atoms with Crippen molar-refractivity contribution in [2.45, 2.75) is 50.7 Å². The first-order valence-electron chi connectivity index (χ1n) is 9.59. The molecule has 1 aliphatic carbocycles. The maximum atomic E-state index is 12.5. The molecule has 4 heteroatoms. The Bertz CT molecular complexity index is 555. The Morgan fingerprint density at radius 3 is 2.79 bits per heavy atom. The summed E-state index contributed by atoms with van der Waals surface area (Å²) in [5, 5.41) is 6.75. The highest BCUT2D eigenvalue weighted by atomic mass is 16.2. The Morgan fingerprint density at radius 1 is 1.12 bits per heavy atom. The summed E-state index contributed by atoms with van der Waals surface area (Å²) in [6.45, 7) is 4.34. The van der Waals surface area contributed by atoms with Crippen molar-refractivity contribution in [3.63, 3.8) is 0 Å². The van der Waals surface area contributed by atoms with Crippen LogP contribution in [-0.2, 0) is 11.3 Å². The van der Waals surface area contributed by atoms with Crippen molar-refractivity contribution in [2.75, 3.05) is 19.6 Å². The summed E-state index contributed by atoms with van der Waals surface area (Å²) in [5.74, 6) is 1.64. The van der Waals surface area contributed by atoms with Gasteiger partial charge in [-0.3, -0.25) is 9.69 Å². The van der Waals surface area contributed by atoms with Crippen molar-refractivity contribution >= 4 is 5.91 Å². The second-order valence-corrected chi connectivity index (χ2v) is 7.80. The molecule has 130 valence electrons. The predicted molar refractivity (Wildman–Crippen MR) is 95.5 cm³/mol. The van der Waals surface area contributed by atoms with Crippen molar-refractivity contribution < 1.29 is 4.79 Å². The molecular weight excluding hydrogens is 298 g/mol. The molecule has 1 aromatic rings. The van der Waals surface area contributed by atoms with Gasteiger partial charge in [-0.15, -0.1) is 0 Å². The number of hydrogen-bond donors (Lipinski definition) is 2. The molecule has 3 fully saturated rings. The average Bonchev–Trinajstić information content (AvgIpc) is 3.18. The third-order valence-electron chi connectivity index (χ3n) is 6.14. The van der Waals surface area contributed by atoms with Crippen molar-refractivity contribution in [2.24, 2.45) is 11.8 Å². The van der Waals surface area contributed by atoms with E-state index in [0.29, 0.717) is 12.0 Å². The molecule has 1 aromatic carbocycles. The number of carbonyl (C=O) groups excluding carboxylic acids is 1. The number of rotatable bonds is 4. The topological polar surface area (TPSA) is 44.4 Å². The van der Waals surface area contributed by atoms with Gasteiger partial charge >= 0.3 is 0 Å². The van der Waals surface area contributed by atoms with E-state index in [2.05, 4.69) is 45.9 Å². The zero-order chi connectivity index (χ0) is 16.4. The van der Waals surface area contributed by atoms with Gasteiger partial charge in [-0.1, -0.05) is 36.8 Å². The minimum absolute atomic E-state index is 0.0413. The standard InChI is InChI=1S/C20H29N3O/c24-20(19-8-4-5-11-21-19)22-18-10-9-16-13-23(14-17(16)18)12-15-6-2-1-3-7-15/h1-3,6-7,16-19,21H,4-5,8-14H2,(H,22,24)/t16-,17+,18+,19?/m0/s1. The Morgan fingerprint density at radius 2 is 2.00 bits per heavy atom. The summed E-state index contributed by atoms with van der Waals surface area (Å²) in [4.78, 5) is 15.1. The Labute approximate surface area is 145 Å². The number of benzene rings is 1. The van der Waals surface area contributed by atoms with E-state index in [1.165, 1.54) is 31.4 Å². The number of fused-ring (bicyclic) bond motifs is 1. The molecule has 1 unspecified atom stereocenters. The minimum atomic E-state index is 0.0413. The maximum absolute atomic E-state index is 12.5. The van der Waals surface area contributed by atoms with Gasteiger partial charge in [0, 0.05) is 25.7 Å². The summed E-state index contributed by atoms with van der Waals surface area (Å²) in [6.07, 6.45) is 5.79. The van der Waals surface area contributed by atoms with Crippen molar-refractivity contribution in [1.82, 2.24) is 15.5 Å². The summed E-state index contributed by atoms with van der Waals surface area (Å²) in [6, 6.07) is 11.2. The Balaban J connectivity index is 1.32. The molecule has 4 rings (SSSR count). The van der Waals surface area contributed by atoms with Gasteiger partial charge in [0.25, 0.3) is 0 Å². The van der Waals surface area contributed by atoms with E-state index in [9.17, 15) is 4.79 Å². The van der Waals surface area contributed by atoms with E-state index in [1.807, 2.05) is 0 Å². The molecule has 4 atom stereocenters. The average molecular weight is 327 g/mol. The van der Waals surface area contributed by atoms with Crippen LogP contribution in [0.1, 0.15) is 37.7 Å². The van der Waals surface area contributed by atoms with Crippen LogP contribution in [0.25, 0.3) is 0 Å². The van der Waals surface area contributed by atoms with E-state index in [-0.39, 0.29) is 11.9 Å². The van der Waals surface area contributed by atoms with Crippen LogP contribution in [0.5, 0.6) is 0 Å². The van der Waals surface area contributed by atoms with Gasteiger partial charge in [0.15, 0.2) is 0 Å². The Hall–Kier alpha value is -1.39. The van der Waals surface area contributed by atoms with Gasteiger partial charge < -0.3 is 10.6 Å². The molecule has 2 N–H and O–H groups in total. The second kappa shape index (κ2) is 7.24. The van der Waals surface area contributed by atoms with Gasteiger partial charge in [-0.05, 0) is 49.6 Å². The van der Waals surface area contributed by atoms with E-state index < -0.39 is 0 Å². The highest BCUT2D eigenvalue weighted by Gasteiger charge is 2.43. The van der Waals surface area contributed by atoms with Crippen LogP contribution >= 0.6 is 0 Å². The van der Waals surface area contributed by atoms with Crippen LogP contribution in [0.4, 0.5) is 0 Å². The fourth-order valence-corrected chi connectivity index (χ4v) is 4.87. The Kier molecular flexibility index (Phi) is 4.86. The number of hydrogen-bond acceptors (Lipinski definition) is 3. The van der Waals surface area contributed by atoms with E-state index in [4.69, 9.17) is 0 Å². The number of nitrogens with zero attached hydrogens (tertiary/aromatic N) is 1. The molecule has 0 spiro atoms. The van der Waals surface area contributed by atoms with Gasteiger partial charge in [0.1, 0.15) is 0 Å². The molecular formula is C20H29N3O. The summed E-state index contributed by atoms with van der Waals surface area (Å²) >= 11 is 0. The number of amides is 1. The fraction of sp³-hybridized carbons (Fsp3) is 0.650. The predicted octanol–water partition coefficient (Wildman–Crippen LogP) is 2.16. The third-order valence-corrected chi connectivity index (χ3v) is 6.14. The van der Waals surface area contributed by atoms with Crippen LogP contribution in [0.3, 0.4) is 0 Å². The summed E-state index contributed by atoms with van der Waals surface area (Å²) in [7, 11) is 0. The molecule has 2 aliphatic heterocycles. The van der Waals surface area contributed by atoms with Crippen molar-refractivity contribution in [3.05, 3.63) is 35.9 Å². The lowest BCUT2D eigenvalue weighted by molar-refractivity contribution is -0.124. The molecule has 0 bridgehead atoms. The molecule has 3 aliphatic rings. The van der Waals surface area contributed by atoms with Crippen LogP contribution in [0.15, 0.2) is 30.3 Å². The number of likely N-dealkylation sites (tertiary alicyclic amines) is 1. The number of piperidine rings is 1. The second-order valence-electron chi connectivity index (χ2n) is 7.80. The monoisotopic (exact) mass is 327 g/mol. The van der Waals surface area contributed by atoms with Gasteiger partial charge in [0.05, 0.1) is 6.04 Å². The normalized spacial score (nSPS) is 33.3. The van der Waals surface area contributed by atoms with Crippen LogP contribution < -0.4 is 10.6 Å². The zero-order valence-corrected chi connectivity index (χ0v) is 14.4. The molecule has 1 saturated carbocycles. The maximum Gasteiger partial charge on any atom is 0.237 e. The first kappa shape index (κ1) is 16.1. The largest absolute Gasteiger partial charge is 0.352 e. The SMILES string of the molecule is O=C(N[C@@H]1CC[C@H]2CN(Cc3ccccc3)C[C@H]21)C1CCCCN1. The molecule has 2 heterocycles. The lowest BCUT2D eigenvalue weighted by Crippen LogP contribution is -2.50. The minimum Gasteiger partial charge on any atom is -0.352 e. The smallest absolute Gasteiger partial charge is 0.237 e. The third kappa shape index (κ3) is 3.50. The van der Waals surface area contributed by atoms with Gasteiger partial charge in [-0.25, -0.2) is 0 Å². The lowest BCUT2D eigenvalue weighted by Gasteiger charge is -2.27. The van der Waals surface area contributed by atoms with Crippen LogP contribution in [0, 0.1) is 11.8 Å². The zero-order valence-electron chi connectivity index (χ0n) is 14.4. The summed E-state index contributed by atoms with van der Waals surface area (Å²) in [5.41, 5.74) is 1.39. The molecule has 0 radical (unpaired) electrons. The first-order valence-corrected chi connectivity index (χ1v) is 9.59. The van der Waals surface area contributed by atoms with E-state index >= 15 is 0 Å². The van der Waals surface area contributed by atoms with Crippen LogP contribution in [-0.4, -0.2) is 42.5 Å². The van der Waals surface area contributed by atoms with Crippen LogP contribution in [0.2, 0.25) is 0 Å². The molecule has 0 aromatic heterocycles. The van der Waals surface area contributed by atoms with Gasteiger partial charge in [-0.2, -0.15) is 0 Å². The lowest BCUT2D eigenvalue weighted by atomic mass is 9.97. The fourth-order valence-electron chi connectivity index (χ4n) is 4.87. The molecule has 1 amide bonds. The highest BCUT2D eigenvalue weighted by molar-refractivity contribution is 5.82. The quantitative estimate of drug-likeness (QED) is 0.891. The van der Waals surface area contributed by atoms with Crippen molar-refractivity contribution in [3.8, 4) is 0 Å². The van der Waals surface area contributed by atoms with Crippen molar-refractivity contribution in [1.29, 1.82) is 0 Å². The van der Waals surface area contributed by atoms with Gasteiger partial charge in [0.2, 0.25) is 5.91 Å². The molecule has 4 nitrogen and oxygen atoms in total. The first-order chi connectivity index (χ1) is 11.8. The van der Waals surface area contributed by atoms with E-state index in [0.717, 1.165) is 38.4 Å².